The number of likely N-dealkylation sites (tertiary alicyclic amines) is 2. The quantitative estimate of drug-likeness (QED) is 0.0695. The molecule has 78 heavy (non-hydrogen) atoms. The van der Waals surface area contributed by atoms with Crippen LogP contribution in [0, 0.1) is 30.6 Å². The summed E-state index contributed by atoms with van der Waals surface area (Å²) >= 11 is 1.59. The minimum atomic E-state index is -0.828. The average Bonchev–Trinajstić information content (AvgIpc) is 4.35. The number of hydrogen-bond acceptors (Lipinski definition) is 17. The molecule has 19 heteroatoms. The standard InChI is InChI=1S/C59H69N11O7S/c1-35(2)55(59(74)69-33-45(71)28-51(69)58(73)63-36(3)39-10-12-40(13-11-39)56-37(4)62-34-78-56)53-30-54(66-77-53)75-24-23-67-21-18-46(19-22-67)76-47-25-38(26-47)9-14-41-27-42(17-20-61-41)70-43-15-16-44(70)32-68(31-43)50-29-49(64-65-57(50)60)48-7-5-6-8-52(48)72/h5-8,10-13,17,20,27,29-30,34-36,38,43-47,51,55,71-72H,15-16,18-19,21-26,28,31-33H2,1-4H3,(H2,60,65)(H,63,73)/t36-,38-,43?,44?,45+,47-,51-,55+/m0/s1. The third-order valence-corrected chi connectivity index (χ3v) is 17.3. The molecule has 0 spiro atoms. The summed E-state index contributed by atoms with van der Waals surface area (Å²) in [6, 6.07) is 22.5. The molecule has 4 aromatic heterocycles. The largest absolute Gasteiger partial charge is 0.507 e. The van der Waals surface area contributed by atoms with Gasteiger partial charge in [-0.3, -0.25) is 14.5 Å². The van der Waals surface area contributed by atoms with Gasteiger partial charge in [-0.05, 0) is 111 Å². The Bertz CT molecular complexity index is 3130. The lowest BCUT2D eigenvalue weighted by atomic mass is 9.82. The van der Waals surface area contributed by atoms with Crippen molar-refractivity contribution in [2.24, 2.45) is 11.8 Å². The molecule has 2 bridgehead atoms. The fourth-order valence-electron chi connectivity index (χ4n) is 12.0. The maximum Gasteiger partial charge on any atom is 0.254 e. The van der Waals surface area contributed by atoms with E-state index < -0.39 is 18.1 Å². The number of hydrogen-bond donors (Lipinski definition) is 4. The fourth-order valence-corrected chi connectivity index (χ4v) is 12.8. The molecule has 8 heterocycles. The van der Waals surface area contributed by atoms with Crippen LogP contribution in [0.15, 0.2) is 89.0 Å². The number of ether oxygens (including phenoxy) is 2. The topological polar surface area (TPSA) is 222 Å². The first-order valence-corrected chi connectivity index (χ1v) is 28.4. The minimum Gasteiger partial charge on any atom is -0.507 e. The van der Waals surface area contributed by atoms with E-state index in [4.69, 9.17) is 19.7 Å². The number of aromatic hydroxyl groups is 1. The molecule has 4 saturated heterocycles. The highest BCUT2D eigenvalue weighted by Gasteiger charge is 2.44. The van der Waals surface area contributed by atoms with Gasteiger partial charge in [-0.2, -0.15) is 0 Å². The summed E-state index contributed by atoms with van der Waals surface area (Å²) in [4.78, 5) is 46.8. The Morgan fingerprint density at radius 3 is 2.42 bits per heavy atom. The van der Waals surface area contributed by atoms with Crippen LogP contribution in [0.5, 0.6) is 11.6 Å². The summed E-state index contributed by atoms with van der Waals surface area (Å²) in [7, 11) is 0. The molecule has 0 radical (unpaired) electrons. The Balaban J connectivity index is 0.603. The Hall–Kier alpha value is -7.11. The second-order valence-corrected chi connectivity index (χ2v) is 22.9. The van der Waals surface area contributed by atoms with Gasteiger partial charge in [-0.15, -0.1) is 21.5 Å². The maximum atomic E-state index is 14.2. The van der Waals surface area contributed by atoms with E-state index in [-0.39, 0.29) is 60.6 Å². The van der Waals surface area contributed by atoms with Crippen molar-refractivity contribution in [3.63, 3.8) is 0 Å². The van der Waals surface area contributed by atoms with E-state index in [0.29, 0.717) is 54.0 Å². The van der Waals surface area contributed by atoms with E-state index in [0.717, 1.165) is 103 Å². The molecule has 408 valence electrons. The van der Waals surface area contributed by atoms with Gasteiger partial charge in [0.05, 0.1) is 51.8 Å². The summed E-state index contributed by atoms with van der Waals surface area (Å²) in [6.45, 7) is 12.4. The first-order valence-electron chi connectivity index (χ1n) is 27.5. The number of nitrogens with zero attached hydrogens (tertiary/aromatic N) is 9. The van der Waals surface area contributed by atoms with Crippen molar-refractivity contribution in [2.75, 3.05) is 61.4 Å². The molecule has 2 amide bonds. The van der Waals surface area contributed by atoms with E-state index in [2.05, 4.69) is 69.3 Å². The molecule has 5 fully saturated rings. The maximum absolute atomic E-state index is 14.2. The number of piperazine rings is 1. The zero-order valence-corrected chi connectivity index (χ0v) is 45.5. The van der Waals surface area contributed by atoms with Crippen LogP contribution in [0.3, 0.4) is 0 Å². The number of β-amino-alcohol motifs (C(OH)–C–C–N with tert-alkyl or cyclic N) is 1. The lowest BCUT2D eigenvalue weighted by molar-refractivity contribution is -0.141. The van der Waals surface area contributed by atoms with E-state index in [1.165, 1.54) is 4.90 Å². The first kappa shape index (κ1) is 52.9. The van der Waals surface area contributed by atoms with Crippen LogP contribution in [0.1, 0.15) is 100 Å². The number of pyridine rings is 1. The van der Waals surface area contributed by atoms with Crippen molar-refractivity contribution < 1.29 is 33.8 Å². The molecule has 18 nitrogen and oxygen atoms in total. The minimum absolute atomic E-state index is 0.0547. The second-order valence-electron chi connectivity index (χ2n) is 22.0. The highest BCUT2D eigenvalue weighted by atomic mass is 32.1. The third-order valence-electron chi connectivity index (χ3n) is 16.3. The van der Waals surface area contributed by atoms with Crippen LogP contribution < -0.4 is 25.6 Å². The SMILES string of the molecule is Cc1ncsc1-c1ccc([C@H](C)NC(=O)[C@@H]2C[C@@H](O)CN2C(=O)[C@@H](c2cc(OCCN3CCC(O[C@H]4C[C@H](C#Cc5cc(N6C7CCC6CN(c6cc(-c8ccccc8O)nnc6N)C7)ccn5)C4)CC3)no2)C(C)C)cc1. The number of phenols is 1. The van der Waals surface area contributed by atoms with Crippen molar-refractivity contribution >= 4 is 40.3 Å². The van der Waals surface area contributed by atoms with Crippen molar-refractivity contribution in [3.8, 4) is 45.2 Å². The number of carbonyl (C=O) groups excluding carboxylic acids is 2. The number of amides is 2. The number of nitrogens with two attached hydrogens (primary N) is 1. The Labute approximate surface area is 459 Å². The number of nitrogens with one attached hydrogen (secondary N) is 1. The van der Waals surface area contributed by atoms with Crippen LogP contribution in [0.25, 0.3) is 21.7 Å². The van der Waals surface area contributed by atoms with E-state index >= 15 is 0 Å². The number of piperidine rings is 1. The molecule has 5 N–H and O–H groups in total. The zero-order chi connectivity index (χ0) is 54.0. The number of nitrogen functional groups attached to an aromatic ring is 1. The van der Waals surface area contributed by atoms with Gasteiger partial charge in [-0.1, -0.05) is 56.2 Å². The number of fused-ring (bicyclic) bond motifs is 2. The first-order chi connectivity index (χ1) is 37.8. The van der Waals surface area contributed by atoms with Crippen LogP contribution in [-0.4, -0.2) is 139 Å². The molecule has 6 aromatic rings. The van der Waals surface area contributed by atoms with E-state index in [9.17, 15) is 19.8 Å². The summed E-state index contributed by atoms with van der Waals surface area (Å²) in [5.41, 5.74) is 15.2. The smallest absolute Gasteiger partial charge is 0.254 e. The highest BCUT2D eigenvalue weighted by molar-refractivity contribution is 7.13. The number of aliphatic hydroxyl groups excluding tert-OH is 1. The van der Waals surface area contributed by atoms with Crippen LogP contribution in [0.2, 0.25) is 0 Å². The number of benzene rings is 2. The molecule has 1 saturated carbocycles. The van der Waals surface area contributed by atoms with Crippen molar-refractivity contribution in [1.29, 1.82) is 0 Å². The van der Waals surface area contributed by atoms with E-state index in [1.807, 2.05) is 81.9 Å². The van der Waals surface area contributed by atoms with Gasteiger partial charge in [0.25, 0.3) is 5.88 Å². The molecule has 2 aromatic carbocycles. The van der Waals surface area contributed by atoms with Crippen LogP contribution in [-0.2, 0) is 14.3 Å². The van der Waals surface area contributed by atoms with Gasteiger partial charge in [-0.25, -0.2) is 9.97 Å². The van der Waals surface area contributed by atoms with E-state index in [1.54, 1.807) is 29.5 Å². The summed E-state index contributed by atoms with van der Waals surface area (Å²) < 4.78 is 18.3. The number of aryl methyl sites for hydroxylation is 1. The number of para-hydroxylation sites is 1. The number of thiazole rings is 1. The Morgan fingerprint density at radius 1 is 0.923 bits per heavy atom. The number of phenolic OH excluding ortho intramolecular Hbond substituents is 1. The second kappa shape index (κ2) is 23.1. The number of aromatic nitrogens is 5. The van der Waals surface area contributed by atoms with Gasteiger partial charge in [0.2, 0.25) is 11.8 Å². The Kier molecular flexibility index (Phi) is 15.7. The zero-order valence-electron chi connectivity index (χ0n) is 44.7. The van der Waals surface area contributed by atoms with Gasteiger partial charge in [0.15, 0.2) is 11.6 Å². The lowest BCUT2D eigenvalue weighted by Crippen LogP contribution is -2.54. The van der Waals surface area contributed by atoms with Gasteiger partial charge >= 0.3 is 0 Å². The van der Waals surface area contributed by atoms with Crippen molar-refractivity contribution in [2.45, 2.75) is 121 Å². The predicted molar refractivity (Wildman–Crippen MR) is 298 cm³/mol. The Morgan fingerprint density at radius 2 is 1.69 bits per heavy atom. The van der Waals surface area contributed by atoms with Crippen molar-refractivity contribution in [1.82, 2.24) is 40.4 Å². The molecule has 5 aliphatic rings. The summed E-state index contributed by atoms with van der Waals surface area (Å²) in [6.07, 6.45) is 7.52. The molecule has 6 atom stereocenters. The van der Waals surface area contributed by atoms with Crippen LogP contribution in [0.4, 0.5) is 17.2 Å². The monoisotopic (exact) mass is 1080 g/mol. The number of anilines is 3. The molecular formula is C59H69N11O7S. The molecule has 2 unspecified atom stereocenters. The van der Waals surface area contributed by atoms with Crippen molar-refractivity contribution in [3.05, 3.63) is 107 Å². The van der Waals surface area contributed by atoms with Gasteiger partial charge in [0.1, 0.15) is 30.0 Å². The number of rotatable bonds is 16. The lowest BCUT2D eigenvalue weighted by Gasteiger charge is -2.43. The highest BCUT2D eigenvalue weighted by Crippen LogP contribution is 2.40. The van der Waals surface area contributed by atoms with Gasteiger partial charge in [0, 0.05) is 87.2 Å². The molecule has 4 aliphatic heterocycles. The summed E-state index contributed by atoms with van der Waals surface area (Å²) in [5, 5.41) is 37.0. The fraction of sp³-hybridized carbons (Fsp3) is 0.475. The summed E-state index contributed by atoms with van der Waals surface area (Å²) in [5.74, 6) is 6.87. The number of carbonyl (C=O) groups is 2. The average molecular weight is 1080 g/mol. The molecule has 11 rings (SSSR count). The number of aliphatic hydroxyl groups is 1. The molecule has 1 aliphatic carbocycles. The normalized spacial score (nSPS) is 23.2. The molecular weight excluding hydrogens is 1010 g/mol. The predicted octanol–water partition coefficient (Wildman–Crippen LogP) is 7.37. The third kappa shape index (κ3) is 11.5. The van der Waals surface area contributed by atoms with Gasteiger partial charge < -0.3 is 50.0 Å². The van der Waals surface area contributed by atoms with Crippen LogP contribution >= 0.6 is 11.3 Å².